The van der Waals surface area contributed by atoms with Crippen molar-refractivity contribution in [1.82, 2.24) is 10.3 Å². The largest absolute Gasteiger partial charge is 0.396 e. The van der Waals surface area contributed by atoms with Crippen LogP contribution >= 0.6 is 11.3 Å². The first-order valence-electron chi connectivity index (χ1n) is 8.10. The van der Waals surface area contributed by atoms with Crippen LogP contribution in [0.4, 0.5) is 13.2 Å². The molecule has 140 valence electrons. The average molecular weight is 392 g/mol. The normalized spacial score (nSPS) is 10.8. The van der Waals surface area contributed by atoms with Crippen LogP contribution in [-0.2, 0) is 0 Å². The molecule has 0 saturated carbocycles. The highest BCUT2D eigenvalue weighted by Gasteiger charge is 2.19. The molecule has 8 heteroatoms. The summed E-state index contributed by atoms with van der Waals surface area (Å²) in [6.45, 7) is 0.191. The van der Waals surface area contributed by atoms with Crippen molar-refractivity contribution in [2.75, 3.05) is 13.2 Å². The average Bonchev–Trinajstić information content (AvgIpc) is 3.13. The number of benzene rings is 2. The number of carbonyl (C=O) groups is 1. The fourth-order valence-electron chi connectivity index (χ4n) is 2.49. The van der Waals surface area contributed by atoms with Crippen molar-refractivity contribution in [3.8, 4) is 21.0 Å². The van der Waals surface area contributed by atoms with Crippen molar-refractivity contribution >= 4 is 17.2 Å². The van der Waals surface area contributed by atoms with E-state index in [1.807, 2.05) is 0 Å². The van der Waals surface area contributed by atoms with Crippen LogP contribution in [-0.4, -0.2) is 29.1 Å². The molecule has 0 atom stereocenters. The fourth-order valence-corrected chi connectivity index (χ4v) is 3.47. The van der Waals surface area contributed by atoms with Crippen LogP contribution in [0.2, 0.25) is 0 Å². The highest BCUT2D eigenvalue weighted by atomic mass is 32.1. The van der Waals surface area contributed by atoms with Gasteiger partial charge in [-0.05, 0) is 36.8 Å². The molecule has 3 aromatic rings. The van der Waals surface area contributed by atoms with Gasteiger partial charge in [-0.1, -0.05) is 6.07 Å². The number of aromatic nitrogens is 1. The third kappa shape index (κ3) is 4.17. The lowest BCUT2D eigenvalue weighted by atomic mass is 10.1. The van der Waals surface area contributed by atoms with Gasteiger partial charge in [0.15, 0.2) is 11.6 Å². The molecule has 0 aliphatic carbocycles. The lowest BCUT2D eigenvalue weighted by molar-refractivity contribution is 0.0951. The Labute approximate surface area is 157 Å². The van der Waals surface area contributed by atoms with E-state index in [4.69, 9.17) is 5.11 Å². The minimum Gasteiger partial charge on any atom is -0.396 e. The van der Waals surface area contributed by atoms with Crippen LogP contribution < -0.4 is 5.32 Å². The Bertz CT molecular complexity index is 975. The topological polar surface area (TPSA) is 62.2 Å². The summed E-state index contributed by atoms with van der Waals surface area (Å²) in [5.41, 5.74) is 0.578. The smallest absolute Gasteiger partial charge is 0.252 e. The highest BCUT2D eigenvalue weighted by molar-refractivity contribution is 7.18. The number of aliphatic hydroxyl groups is 1. The molecule has 1 amide bonds. The second-order valence-corrected chi connectivity index (χ2v) is 6.68. The molecule has 1 heterocycles. The van der Waals surface area contributed by atoms with E-state index < -0.39 is 23.4 Å². The first kappa shape index (κ1) is 19.1. The Hall–Kier alpha value is -2.71. The van der Waals surface area contributed by atoms with Gasteiger partial charge in [-0.15, -0.1) is 11.3 Å². The van der Waals surface area contributed by atoms with Crippen molar-refractivity contribution in [3.63, 3.8) is 0 Å². The van der Waals surface area contributed by atoms with Gasteiger partial charge in [0.05, 0.1) is 10.4 Å². The molecule has 0 saturated heterocycles. The summed E-state index contributed by atoms with van der Waals surface area (Å²) in [7, 11) is 0. The van der Waals surface area contributed by atoms with E-state index in [1.165, 1.54) is 30.5 Å². The van der Waals surface area contributed by atoms with E-state index in [9.17, 15) is 18.0 Å². The number of hydrogen-bond donors (Lipinski definition) is 2. The highest BCUT2D eigenvalue weighted by Crippen LogP contribution is 2.35. The molecule has 0 aliphatic heterocycles. The van der Waals surface area contributed by atoms with Crippen molar-refractivity contribution in [2.45, 2.75) is 6.42 Å². The van der Waals surface area contributed by atoms with Gasteiger partial charge >= 0.3 is 0 Å². The lowest BCUT2D eigenvalue weighted by Gasteiger charge is -2.09. The Kier molecular flexibility index (Phi) is 5.88. The number of halogens is 3. The summed E-state index contributed by atoms with van der Waals surface area (Å²) in [5.74, 6) is -3.03. The summed E-state index contributed by atoms with van der Waals surface area (Å²) >= 11 is 1.07. The van der Waals surface area contributed by atoms with E-state index in [2.05, 4.69) is 10.3 Å². The Balaban J connectivity index is 1.96. The van der Waals surface area contributed by atoms with Gasteiger partial charge in [-0.25, -0.2) is 18.2 Å². The zero-order valence-electron chi connectivity index (χ0n) is 14.0. The summed E-state index contributed by atoms with van der Waals surface area (Å²) < 4.78 is 41.0. The first-order valence-corrected chi connectivity index (χ1v) is 8.92. The van der Waals surface area contributed by atoms with Crippen LogP contribution in [0.5, 0.6) is 0 Å². The SMILES string of the molecule is O=C(NCCCO)c1cccc(F)c1-c1cnc(-c2ccc(F)c(F)c2)s1. The van der Waals surface area contributed by atoms with Gasteiger partial charge in [0.1, 0.15) is 10.8 Å². The van der Waals surface area contributed by atoms with Gasteiger partial charge in [0.2, 0.25) is 0 Å². The molecule has 0 bridgehead atoms. The molecule has 0 spiro atoms. The van der Waals surface area contributed by atoms with Crippen molar-refractivity contribution in [2.24, 2.45) is 0 Å². The maximum absolute atomic E-state index is 14.5. The van der Waals surface area contributed by atoms with E-state index in [1.54, 1.807) is 0 Å². The quantitative estimate of drug-likeness (QED) is 0.623. The number of hydrogen-bond acceptors (Lipinski definition) is 4. The zero-order valence-corrected chi connectivity index (χ0v) is 14.8. The number of rotatable bonds is 6. The van der Waals surface area contributed by atoms with Crippen LogP contribution in [0.1, 0.15) is 16.8 Å². The van der Waals surface area contributed by atoms with Crippen molar-refractivity contribution < 1.29 is 23.1 Å². The summed E-state index contributed by atoms with van der Waals surface area (Å²) in [6.07, 6.45) is 1.78. The van der Waals surface area contributed by atoms with E-state index >= 15 is 0 Å². The number of nitrogens with zero attached hydrogens (tertiary/aromatic N) is 1. The molecule has 2 N–H and O–H groups in total. The van der Waals surface area contributed by atoms with E-state index in [-0.39, 0.29) is 24.3 Å². The van der Waals surface area contributed by atoms with Crippen LogP contribution in [0, 0.1) is 17.5 Å². The Morgan fingerprint density at radius 2 is 1.93 bits per heavy atom. The van der Waals surface area contributed by atoms with Crippen molar-refractivity contribution in [3.05, 3.63) is 65.6 Å². The standard InChI is InChI=1S/C19H15F3N2O2S/c20-13-6-5-11(9-15(13)22)19-24-10-16(27-19)17-12(3-1-4-14(17)21)18(26)23-7-2-8-25/h1,3-6,9-10,25H,2,7-8H2,(H,23,26). The third-order valence-corrected chi connectivity index (χ3v) is 4.86. The molecule has 0 fully saturated rings. The summed E-state index contributed by atoms with van der Waals surface area (Å²) in [6, 6.07) is 7.54. The maximum atomic E-state index is 14.5. The predicted octanol–water partition coefficient (Wildman–Crippen LogP) is 4.01. The molecule has 0 radical (unpaired) electrons. The minimum atomic E-state index is -1.00. The van der Waals surface area contributed by atoms with Crippen LogP contribution in [0.25, 0.3) is 21.0 Å². The number of nitrogens with one attached hydrogen (secondary N) is 1. The van der Waals surface area contributed by atoms with Crippen molar-refractivity contribution in [1.29, 1.82) is 0 Å². The molecule has 1 aromatic heterocycles. The zero-order chi connectivity index (χ0) is 19.4. The molecule has 0 aliphatic rings. The maximum Gasteiger partial charge on any atom is 0.252 e. The molecular formula is C19H15F3N2O2S. The van der Waals surface area contributed by atoms with Gasteiger partial charge in [-0.2, -0.15) is 0 Å². The first-order chi connectivity index (χ1) is 13.0. The predicted molar refractivity (Wildman–Crippen MR) is 96.9 cm³/mol. The van der Waals surface area contributed by atoms with Gasteiger partial charge in [-0.3, -0.25) is 4.79 Å². The fraction of sp³-hybridized carbons (Fsp3) is 0.158. The Morgan fingerprint density at radius 1 is 1.11 bits per heavy atom. The van der Waals surface area contributed by atoms with E-state index in [0.29, 0.717) is 21.9 Å². The third-order valence-electron chi connectivity index (χ3n) is 3.80. The molecule has 4 nitrogen and oxygen atoms in total. The molecular weight excluding hydrogens is 377 g/mol. The monoisotopic (exact) mass is 392 g/mol. The van der Waals surface area contributed by atoms with Crippen LogP contribution in [0.15, 0.2) is 42.6 Å². The summed E-state index contributed by atoms with van der Waals surface area (Å²) in [4.78, 5) is 16.9. The lowest BCUT2D eigenvalue weighted by Crippen LogP contribution is -2.25. The number of thiazole rings is 1. The van der Waals surface area contributed by atoms with E-state index in [0.717, 1.165) is 23.5 Å². The van der Waals surface area contributed by atoms with Gasteiger partial charge in [0, 0.05) is 30.5 Å². The Morgan fingerprint density at radius 3 is 2.67 bits per heavy atom. The second-order valence-electron chi connectivity index (χ2n) is 5.65. The molecule has 0 unspecified atom stereocenters. The molecule has 3 rings (SSSR count). The second kappa shape index (κ2) is 8.32. The number of aliphatic hydroxyl groups excluding tert-OH is 1. The number of amides is 1. The summed E-state index contributed by atoms with van der Waals surface area (Å²) in [5, 5.41) is 11.8. The van der Waals surface area contributed by atoms with Crippen LogP contribution in [0.3, 0.4) is 0 Å². The molecule has 27 heavy (non-hydrogen) atoms. The van der Waals surface area contributed by atoms with Gasteiger partial charge < -0.3 is 10.4 Å². The minimum absolute atomic E-state index is 0.0667. The van der Waals surface area contributed by atoms with Gasteiger partial charge in [0.25, 0.3) is 5.91 Å². The molecule has 2 aromatic carbocycles. The number of carbonyl (C=O) groups excluding carboxylic acids is 1.